The highest BCUT2D eigenvalue weighted by molar-refractivity contribution is 6.06. The molecule has 3 aromatic rings. The number of carbonyl (C=O) groups is 3. The van der Waals surface area contributed by atoms with E-state index in [0.717, 1.165) is 24.8 Å². The third-order valence-electron chi connectivity index (χ3n) is 7.04. The molecule has 2 heterocycles. The normalized spacial score (nSPS) is 21.4. The molecule has 0 bridgehead atoms. The van der Waals surface area contributed by atoms with E-state index in [1.54, 1.807) is 24.3 Å². The highest BCUT2D eigenvalue weighted by atomic mass is 16.5. The molecule has 34 heavy (non-hydrogen) atoms. The van der Waals surface area contributed by atoms with Crippen LogP contribution >= 0.6 is 0 Å². The molecule has 0 radical (unpaired) electrons. The molecule has 176 valence electrons. The van der Waals surface area contributed by atoms with Gasteiger partial charge in [-0.1, -0.05) is 42.8 Å². The molecule has 1 N–H and O–H groups in total. The number of aromatic nitrogens is 1. The number of likely N-dealkylation sites (tertiary alicyclic amines) is 1. The van der Waals surface area contributed by atoms with E-state index in [-0.39, 0.29) is 24.1 Å². The summed E-state index contributed by atoms with van der Waals surface area (Å²) in [5, 5.41) is 10.5. The van der Waals surface area contributed by atoms with Gasteiger partial charge in [-0.3, -0.25) is 4.79 Å². The van der Waals surface area contributed by atoms with E-state index in [4.69, 9.17) is 9.47 Å². The number of benzene rings is 2. The van der Waals surface area contributed by atoms with Crippen molar-refractivity contribution >= 4 is 28.9 Å². The van der Waals surface area contributed by atoms with E-state index < -0.39 is 24.0 Å². The van der Waals surface area contributed by atoms with Crippen LogP contribution in [0, 0.1) is 11.8 Å². The smallest absolute Gasteiger partial charge is 0.419 e. The number of hydrogen-bond donors (Lipinski definition) is 1. The second kappa shape index (κ2) is 8.85. The van der Waals surface area contributed by atoms with Crippen LogP contribution in [0.15, 0.2) is 54.6 Å². The van der Waals surface area contributed by atoms with E-state index in [9.17, 15) is 19.5 Å². The quantitative estimate of drug-likeness (QED) is 0.611. The van der Waals surface area contributed by atoms with Crippen LogP contribution in [0.1, 0.15) is 35.3 Å². The van der Waals surface area contributed by atoms with Gasteiger partial charge >= 0.3 is 12.1 Å². The molecule has 2 fully saturated rings. The van der Waals surface area contributed by atoms with Crippen LogP contribution < -0.4 is 4.74 Å². The predicted octanol–water partition coefficient (Wildman–Crippen LogP) is 4.16. The van der Waals surface area contributed by atoms with Crippen molar-refractivity contribution in [1.29, 1.82) is 0 Å². The van der Waals surface area contributed by atoms with Gasteiger partial charge in [0.2, 0.25) is 0 Å². The van der Waals surface area contributed by atoms with Crippen LogP contribution in [0.25, 0.3) is 10.9 Å². The second-order valence-electron chi connectivity index (χ2n) is 8.89. The Hall–Kier alpha value is -3.81. The van der Waals surface area contributed by atoms with Crippen LogP contribution in [0.2, 0.25) is 0 Å². The number of carbonyl (C=O) groups excluding carboxylic acids is 2. The van der Waals surface area contributed by atoms with Gasteiger partial charge in [0, 0.05) is 11.9 Å². The molecule has 1 aliphatic carbocycles. The summed E-state index contributed by atoms with van der Waals surface area (Å²) in [6, 6.07) is 15.2. The van der Waals surface area contributed by atoms with Crippen molar-refractivity contribution in [3.8, 4) is 5.75 Å². The Balaban J connectivity index is 1.54. The lowest BCUT2D eigenvalue weighted by molar-refractivity contribution is -0.142. The first-order chi connectivity index (χ1) is 16.5. The molecule has 1 aliphatic heterocycles. The summed E-state index contributed by atoms with van der Waals surface area (Å²) in [6.07, 6.45) is 1.97. The first kappa shape index (κ1) is 22.0. The Kier molecular flexibility index (Phi) is 5.73. The molecule has 3 atom stereocenters. The molecule has 2 aromatic carbocycles. The number of carboxylic acids is 1. The third-order valence-corrected chi connectivity index (χ3v) is 7.04. The van der Waals surface area contributed by atoms with Crippen LogP contribution in [0.5, 0.6) is 5.75 Å². The average Bonchev–Trinajstić information content (AvgIpc) is 3.54. The number of fused-ring (bicyclic) bond motifs is 2. The summed E-state index contributed by atoms with van der Waals surface area (Å²) in [4.78, 5) is 40.6. The molecule has 2 aliphatic rings. The van der Waals surface area contributed by atoms with Crippen LogP contribution in [-0.4, -0.2) is 52.2 Å². The van der Waals surface area contributed by atoms with Gasteiger partial charge < -0.3 is 19.5 Å². The third kappa shape index (κ3) is 3.69. The number of hydrogen-bond acceptors (Lipinski definition) is 5. The monoisotopic (exact) mass is 462 g/mol. The van der Waals surface area contributed by atoms with Gasteiger partial charge in [0.1, 0.15) is 24.1 Å². The Labute approximate surface area is 196 Å². The zero-order valence-electron chi connectivity index (χ0n) is 18.8. The number of nitrogens with zero attached hydrogens (tertiary/aromatic N) is 2. The molecule has 1 saturated carbocycles. The zero-order chi connectivity index (χ0) is 23.8. The van der Waals surface area contributed by atoms with Crippen LogP contribution in [0.4, 0.5) is 4.79 Å². The number of ether oxygens (including phenoxy) is 2. The molecular weight excluding hydrogens is 436 g/mol. The van der Waals surface area contributed by atoms with Crippen molar-refractivity contribution in [3.05, 3.63) is 65.9 Å². The van der Waals surface area contributed by atoms with E-state index in [1.165, 1.54) is 16.6 Å². The van der Waals surface area contributed by atoms with Gasteiger partial charge in [-0.05, 0) is 48.4 Å². The van der Waals surface area contributed by atoms with Gasteiger partial charge in [-0.25, -0.2) is 14.2 Å². The lowest BCUT2D eigenvalue weighted by Gasteiger charge is -2.24. The largest absolute Gasteiger partial charge is 0.496 e. The standard InChI is InChI=1S/C26H26N2O6/c1-33-22-12-6-11-20-19(22)13-21(28(20)26(32)34-15-16-7-3-2-4-8-16)24(29)27-14-17-9-5-10-18(17)23(27)25(30)31/h2-4,6-8,11-13,17-18,23H,5,9-10,14-15H2,1H3,(H,30,31)/t17-,18-,23-/m0/s1. The van der Waals surface area contributed by atoms with E-state index in [0.29, 0.717) is 23.2 Å². The van der Waals surface area contributed by atoms with Gasteiger partial charge in [0.25, 0.3) is 5.91 Å². The summed E-state index contributed by atoms with van der Waals surface area (Å²) in [7, 11) is 1.52. The SMILES string of the molecule is COc1cccc2c1cc(C(=O)N1C[C@@H]3CCC[C@@H]3[C@H]1C(=O)O)n2C(=O)OCc1ccccc1. The number of aliphatic carboxylic acids is 1. The molecule has 1 saturated heterocycles. The van der Waals surface area contributed by atoms with Crippen molar-refractivity contribution in [3.63, 3.8) is 0 Å². The van der Waals surface area contributed by atoms with Crippen LogP contribution in [-0.2, 0) is 16.1 Å². The summed E-state index contributed by atoms with van der Waals surface area (Å²) in [5.74, 6) is -0.873. The summed E-state index contributed by atoms with van der Waals surface area (Å²) < 4.78 is 12.2. The molecule has 5 rings (SSSR count). The maximum absolute atomic E-state index is 13.8. The number of amides is 1. The number of rotatable bonds is 5. The molecular formula is C26H26N2O6. The Morgan fingerprint density at radius 3 is 2.59 bits per heavy atom. The van der Waals surface area contributed by atoms with Gasteiger partial charge in [0.05, 0.1) is 12.6 Å². The molecule has 0 spiro atoms. The minimum Gasteiger partial charge on any atom is -0.496 e. The molecule has 1 amide bonds. The van der Waals surface area contributed by atoms with Crippen molar-refractivity contribution in [1.82, 2.24) is 9.47 Å². The minimum atomic E-state index is -1.00. The van der Waals surface area contributed by atoms with Gasteiger partial charge in [0.15, 0.2) is 0 Å². The average molecular weight is 463 g/mol. The fourth-order valence-electron chi connectivity index (χ4n) is 5.50. The molecule has 8 nitrogen and oxygen atoms in total. The molecule has 0 unspecified atom stereocenters. The Morgan fingerprint density at radius 2 is 1.85 bits per heavy atom. The van der Waals surface area contributed by atoms with Crippen LogP contribution in [0.3, 0.4) is 0 Å². The Morgan fingerprint density at radius 1 is 1.06 bits per heavy atom. The maximum atomic E-state index is 13.8. The fourth-order valence-corrected chi connectivity index (χ4v) is 5.50. The van der Waals surface area contributed by atoms with E-state index in [1.807, 2.05) is 30.3 Å². The predicted molar refractivity (Wildman–Crippen MR) is 124 cm³/mol. The van der Waals surface area contributed by atoms with Crippen molar-refractivity contribution in [2.75, 3.05) is 13.7 Å². The van der Waals surface area contributed by atoms with Crippen molar-refractivity contribution in [2.24, 2.45) is 11.8 Å². The zero-order valence-corrected chi connectivity index (χ0v) is 18.8. The number of methoxy groups -OCH3 is 1. The van der Waals surface area contributed by atoms with E-state index in [2.05, 4.69) is 0 Å². The summed E-state index contributed by atoms with van der Waals surface area (Å²) in [6.45, 7) is 0.417. The molecule has 8 heteroatoms. The summed E-state index contributed by atoms with van der Waals surface area (Å²) >= 11 is 0. The first-order valence-electron chi connectivity index (χ1n) is 11.4. The van der Waals surface area contributed by atoms with Gasteiger partial charge in [-0.15, -0.1) is 0 Å². The highest BCUT2D eigenvalue weighted by Gasteiger charge is 2.50. The topological polar surface area (TPSA) is 98.1 Å². The van der Waals surface area contributed by atoms with Crippen molar-refractivity contribution in [2.45, 2.75) is 31.9 Å². The lowest BCUT2D eigenvalue weighted by atomic mass is 9.94. The summed E-state index contributed by atoms with van der Waals surface area (Å²) in [5.41, 5.74) is 1.35. The molecule has 1 aromatic heterocycles. The lowest BCUT2D eigenvalue weighted by Crippen LogP contribution is -2.44. The minimum absolute atomic E-state index is 0.0442. The van der Waals surface area contributed by atoms with Crippen molar-refractivity contribution < 1.29 is 29.0 Å². The highest BCUT2D eigenvalue weighted by Crippen LogP contribution is 2.43. The van der Waals surface area contributed by atoms with E-state index >= 15 is 0 Å². The van der Waals surface area contributed by atoms with Gasteiger partial charge in [-0.2, -0.15) is 0 Å². The first-order valence-corrected chi connectivity index (χ1v) is 11.4. The second-order valence-corrected chi connectivity index (χ2v) is 8.89. The fraction of sp³-hybridized carbons (Fsp3) is 0.346. The number of carboxylic acid groups (broad SMARTS) is 1. The Bertz CT molecular complexity index is 1250. The maximum Gasteiger partial charge on any atom is 0.419 e.